The van der Waals surface area contributed by atoms with E-state index in [2.05, 4.69) is 21.8 Å². The summed E-state index contributed by atoms with van der Waals surface area (Å²) >= 11 is 0. The summed E-state index contributed by atoms with van der Waals surface area (Å²) in [6.07, 6.45) is 6.43. The van der Waals surface area contributed by atoms with E-state index in [1.807, 2.05) is 31.1 Å². The van der Waals surface area contributed by atoms with Crippen LogP contribution in [0.25, 0.3) is 0 Å². The number of amides is 1. The Morgan fingerprint density at radius 2 is 1.95 bits per heavy atom. The normalized spacial score (nSPS) is 25.7. The minimum atomic E-state index is 0.139. The van der Waals surface area contributed by atoms with Crippen molar-refractivity contribution in [3.05, 3.63) is 23.9 Å². The fourth-order valence-corrected chi connectivity index (χ4v) is 3.94. The number of aromatic nitrogens is 1. The van der Waals surface area contributed by atoms with Gasteiger partial charge in [0.05, 0.1) is 5.56 Å². The van der Waals surface area contributed by atoms with Crippen LogP contribution in [-0.2, 0) is 0 Å². The molecular weight excluding hydrogens is 276 g/mol. The summed E-state index contributed by atoms with van der Waals surface area (Å²) in [5.41, 5.74) is 0.722. The van der Waals surface area contributed by atoms with Crippen LogP contribution in [0.15, 0.2) is 18.3 Å². The summed E-state index contributed by atoms with van der Waals surface area (Å²) < 4.78 is 0. The third-order valence-corrected chi connectivity index (χ3v) is 5.02. The van der Waals surface area contributed by atoms with Gasteiger partial charge in [-0.25, -0.2) is 4.98 Å². The van der Waals surface area contributed by atoms with Crippen molar-refractivity contribution in [1.82, 2.24) is 14.8 Å². The lowest BCUT2D eigenvalue weighted by molar-refractivity contribution is 0.0665. The third-order valence-electron chi connectivity index (χ3n) is 5.02. The molecule has 1 aromatic rings. The van der Waals surface area contributed by atoms with Gasteiger partial charge in [0.15, 0.2) is 0 Å². The molecule has 2 aliphatic rings. The number of hydrogen-bond acceptors (Lipinski definition) is 4. The Morgan fingerprint density at radius 1 is 1.23 bits per heavy atom. The van der Waals surface area contributed by atoms with Gasteiger partial charge in [-0.05, 0) is 51.4 Å². The molecule has 0 unspecified atom stereocenters. The number of nitrogens with zero attached hydrogens (tertiary/aromatic N) is 4. The summed E-state index contributed by atoms with van der Waals surface area (Å²) in [6.45, 7) is 2.02. The van der Waals surface area contributed by atoms with E-state index in [-0.39, 0.29) is 5.91 Å². The highest BCUT2D eigenvalue weighted by Crippen LogP contribution is 2.31. The lowest BCUT2D eigenvalue weighted by Crippen LogP contribution is -2.47. The molecule has 0 radical (unpaired) electrons. The Hall–Kier alpha value is -1.62. The largest absolute Gasteiger partial charge is 0.362 e. The summed E-state index contributed by atoms with van der Waals surface area (Å²) in [5.74, 6) is 0.900. The fraction of sp³-hybridized carbons (Fsp3) is 0.647. The minimum Gasteiger partial charge on any atom is -0.362 e. The predicted molar refractivity (Wildman–Crippen MR) is 88.3 cm³/mol. The smallest absolute Gasteiger partial charge is 0.257 e. The number of rotatable bonds is 3. The monoisotopic (exact) mass is 302 g/mol. The molecule has 3 heterocycles. The van der Waals surface area contributed by atoms with E-state index >= 15 is 0 Å². The molecule has 0 bridgehead atoms. The van der Waals surface area contributed by atoms with Gasteiger partial charge < -0.3 is 14.7 Å². The van der Waals surface area contributed by atoms with E-state index in [1.165, 1.54) is 12.8 Å². The topological polar surface area (TPSA) is 39.7 Å². The molecule has 5 nitrogen and oxygen atoms in total. The Balaban J connectivity index is 1.85. The van der Waals surface area contributed by atoms with Crippen LogP contribution in [0.4, 0.5) is 5.82 Å². The van der Waals surface area contributed by atoms with Gasteiger partial charge in [-0.3, -0.25) is 4.79 Å². The quantitative estimate of drug-likeness (QED) is 0.854. The summed E-state index contributed by atoms with van der Waals surface area (Å²) in [5, 5.41) is 0. The fourth-order valence-electron chi connectivity index (χ4n) is 3.94. The first-order valence-electron chi connectivity index (χ1n) is 8.23. The maximum Gasteiger partial charge on any atom is 0.257 e. The number of carbonyl (C=O) groups excluding carboxylic acids is 1. The van der Waals surface area contributed by atoms with Crippen molar-refractivity contribution < 1.29 is 4.79 Å². The van der Waals surface area contributed by atoms with Gasteiger partial charge in [-0.1, -0.05) is 0 Å². The zero-order valence-electron chi connectivity index (χ0n) is 13.8. The van der Waals surface area contributed by atoms with Crippen LogP contribution in [0.2, 0.25) is 0 Å². The highest BCUT2D eigenvalue weighted by atomic mass is 16.2. The average Bonchev–Trinajstić information content (AvgIpc) is 3.14. The SMILES string of the molecule is CN(C)c1ncccc1C(=O)N1CCC[C@H]1[C@@H]1CCCN1C. The Kier molecular flexibility index (Phi) is 4.34. The molecule has 2 fully saturated rings. The van der Waals surface area contributed by atoms with Crippen LogP contribution in [-0.4, -0.2) is 67.0 Å². The maximum absolute atomic E-state index is 13.1. The first-order chi connectivity index (χ1) is 10.6. The van der Waals surface area contributed by atoms with Crippen molar-refractivity contribution in [3.8, 4) is 0 Å². The Labute approximate surface area is 132 Å². The highest BCUT2D eigenvalue weighted by Gasteiger charge is 2.39. The van der Waals surface area contributed by atoms with Crippen molar-refractivity contribution in [2.75, 3.05) is 39.1 Å². The van der Waals surface area contributed by atoms with Crippen LogP contribution in [0.1, 0.15) is 36.0 Å². The molecule has 0 spiro atoms. The van der Waals surface area contributed by atoms with E-state index in [1.54, 1.807) is 6.20 Å². The first kappa shape index (κ1) is 15.3. The average molecular weight is 302 g/mol. The van der Waals surface area contributed by atoms with Crippen LogP contribution >= 0.6 is 0 Å². The standard InChI is InChI=1S/C17H26N4O/c1-19(2)16-13(7-4-10-18-16)17(22)21-12-6-9-15(21)14-8-5-11-20(14)3/h4,7,10,14-15H,5-6,8-9,11-12H2,1-3H3/t14-,15-/m0/s1. The molecule has 0 saturated carbocycles. The second-order valence-electron chi connectivity index (χ2n) is 6.67. The van der Waals surface area contributed by atoms with Crippen LogP contribution in [0.5, 0.6) is 0 Å². The van der Waals surface area contributed by atoms with E-state index in [9.17, 15) is 4.79 Å². The Bertz CT molecular complexity index is 545. The van der Waals surface area contributed by atoms with Gasteiger partial charge in [-0.15, -0.1) is 0 Å². The molecule has 2 atom stereocenters. The van der Waals surface area contributed by atoms with Gasteiger partial charge >= 0.3 is 0 Å². The molecule has 1 aromatic heterocycles. The summed E-state index contributed by atoms with van der Waals surface area (Å²) in [6, 6.07) is 4.63. The zero-order chi connectivity index (χ0) is 15.7. The van der Waals surface area contributed by atoms with Gasteiger partial charge in [0.1, 0.15) is 5.82 Å². The molecule has 3 rings (SSSR count). The zero-order valence-corrected chi connectivity index (χ0v) is 13.8. The molecular formula is C17H26N4O. The number of likely N-dealkylation sites (tertiary alicyclic amines) is 2. The lowest BCUT2D eigenvalue weighted by Gasteiger charge is -2.33. The number of pyridine rings is 1. The van der Waals surface area contributed by atoms with Gasteiger partial charge in [0, 0.05) is 38.9 Å². The van der Waals surface area contributed by atoms with Gasteiger partial charge in [0.25, 0.3) is 5.91 Å². The Morgan fingerprint density at radius 3 is 2.64 bits per heavy atom. The molecule has 1 amide bonds. The lowest BCUT2D eigenvalue weighted by atomic mass is 10.0. The molecule has 5 heteroatoms. The van der Waals surface area contributed by atoms with Crippen LogP contribution in [0, 0.1) is 0 Å². The first-order valence-corrected chi connectivity index (χ1v) is 8.23. The maximum atomic E-state index is 13.1. The molecule has 0 aromatic carbocycles. The van der Waals surface area contributed by atoms with E-state index < -0.39 is 0 Å². The number of hydrogen-bond donors (Lipinski definition) is 0. The summed E-state index contributed by atoms with van der Waals surface area (Å²) in [4.78, 5) is 23.9. The molecule has 22 heavy (non-hydrogen) atoms. The molecule has 2 saturated heterocycles. The van der Waals surface area contributed by atoms with E-state index in [0.29, 0.717) is 12.1 Å². The van der Waals surface area contributed by atoms with Crippen molar-refractivity contribution >= 4 is 11.7 Å². The minimum absolute atomic E-state index is 0.139. The number of anilines is 1. The van der Waals surface area contributed by atoms with E-state index in [4.69, 9.17) is 0 Å². The molecule has 2 aliphatic heterocycles. The molecule has 120 valence electrons. The second kappa shape index (κ2) is 6.24. The molecule has 0 N–H and O–H groups in total. The summed E-state index contributed by atoms with van der Waals surface area (Å²) in [7, 11) is 6.06. The highest BCUT2D eigenvalue weighted by molar-refractivity contribution is 5.99. The van der Waals surface area contributed by atoms with E-state index in [0.717, 1.165) is 37.3 Å². The van der Waals surface area contributed by atoms with Gasteiger partial charge in [0.2, 0.25) is 0 Å². The third kappa shape index (κ3) is 2.70. The van der Waals surface area contributed by atoms with Crippen molar-refractivity contribution in [2.24, 2.45) is 0 Å². The number of likely N-dealkylation sites (N-methyl/N-ethyl adjacent to an activating group) is 1. The molecule has 0 aliphatic carbocycles. The second-order valence-corrected chi connectivity index (χ2v) is 6.67. The predicted octanol–water partition coefficient (Wildman–Crippen LogP) is 1.85. The number of carbonyl (C=O) groups is 1. The van der Waals surface area contributed by atoms with Crippen molar-refractivity contribution in [1.29, 1.82) is 0 Å². The van der Waals surface area contributed by atoms with Gasteiger partial charge in [-0.2, -0.15) is 0 Å². The van der Waals surface area contributed by atoms with Crippen LogP contribution in [0.3, 0.4) is 0 Å². The van der Waals surface area contributed by atoms with Crippen molar-refractivity contribution in [3.63, 3.8) is 0 Å². The van der Waals surface area contributed by atoms with Crippen molar-refractivity contribution in [2.45, 2.75) is 37.8 Å². The van der Waals surface area contributed by atoms with Crippen LogP contribution < -0.4 is 4.90 Å².